The maximum Gasteiger partial charge on any atom is 0.244 e. The number of benzene rings is 2. The van der Waals surface area contributed by atoms with E-state index >= 15 is 0 Å². The van der Waals surface area contributed by atoms with Crippen molar-refractivity contribution < 1.29 is 13.2 Å². The van der Waals surface area contributed by atoms with Crippen LogP contribution in [0.1, 0.15) is 38.3 Å². The van der Waals surface area contributed by atoms with Gasteiger partial charge in [0.25, 0.3) is 0 Å². The second kappa shape index (κ2) is 8.84. The lowest BCUT2D eigenvalue weighted by Crippen LogP contribution is -2.34. The lowest BCUT2D eigenvalue weighted by molar-refractivity contribution is 0.402. The first-order valence-corrected chi connectivity index (χ1v) is 11.8. The SMILES string of the molecule is COc1ccc(Br)cc1S(=O)(=O)N[C@H](C)c1ccc(N2CCC[C@H](C)C2)cc1. The van der Waals surface area contributed by atoms with Crippen molar-refractivity contribution in [2.75, 3.05) is 25.1 Å². The number of hydrogen-bond acceptors (Lipinski definition) is 4. The van der Waals surface area contributed by atoms with Gasteiger partial charge >= 0.3 is 0 Å². The maximum atomic E-state index is 12.9. The number of ether oxygens (including phenoxy) is 1. The van der Waals surface area contributed by atoms with Crippen LogP contribution in [0, 0.1) is 5.92 Å². The molecular formula is C21H27BrN2O3S. The number of nitrogens with zero attached hydrogens (tertiary/aromatic N) is 1. The number of piperidine rings is 1. The molecule has 0 unspecified atom stereocenters. The third-order valence-corrected chi connectivity index (χ3v) is 7.22. The fourth-order valence-corrected chi connectivity index (χ4v) is 5.56. The van der Waals surface area contributed by atoms with Gasteiger partial charge in [0.15, 0.2) is 0 Å². The van der Waals surface area contributed by atoms with E-state index in [-0.39, 0.29) is 10.9 Å². The van der Waals surface area contributed by atoms with Crippen LogP contribution in [0.3, 0.4) is 0 Å². The third-order valence-electron chi connectivity index (χ3n) is 5.16. The predicted octanol–water partition coefficient (Wildman–Crippen LogP) is 4.73. The van der Waals surface area contributed by atoms with Gasteiger partial charge < -0.3 is 9.64 Å². The molecule has 5 nitrogen and oxygen atoms in total. The Bertz CT molecular complexity index is 916. The summed E-state index contributed by atoms with van der Waals surface area (Å²) >= 11 is 3.33. The lowest BCUT2D eigenvalue weighted by atomic mass is 9.99. The molecule has 1 aliphatic heterocycles. The second-order valence-corrected chi connectivity index (χ2v) is 10.0. The van der Waals surface area contributed by atoms with E-state index in [0.717, 1.165) is 18.7 Å². The number of methoxy groups -OCH3 is 1. The van der Waals surface area contributed by atoms with E-state index < -0.39 is 10.0 Å². The van der Waals surface area contributed by atoms with Gasteiger partial charge in [-0.25, -0.2) is 13.1 Å². The van der Waals surface area contributed by atoms with Crippen molar-refractivity contribution in [3.8, 4) is 5.75 Å². The van der Waals surface area contributed by atoms with Crippen LogP contribution in [0.25, 0.3) is 0 Å². The third kappa shape index (κ3) is 4.88. The van der Waals surface area contributed by atoms with Crippen LogP contribution in [0.2, 0.25) is 0 Å². The van der Waals surface area contributed by atoms with E-state index in [1.807, 2.05) is 19.1 Å². The summed E-state index contributed by atoms with van der Waals surface area (Å²) in [6.45, 7) is 6.28. The molecule has 0 bridgehead atoms. The molecule has 1 N–H and O–H groups in total. The first-order valence-electron chi connectivity index (χ1n) is 9.51. The molecule has 1 fully saturated rings. The van der Waals surface area contributed by atoms with Crippen molar-refractivity contribution >= 4 is 31.6 Å². The summed E-state index contributed by atoms with van der Waals surface area (Å²) in [4.78, 5) is 2.52. The number of hydrogen-bond donors (Lipinski definition) is 1. The highest BCUT2D eigenvalue weighted by Gasteiger charge is 2.23. The Hall–Kier alpha value is -1.57. The number of rotatable bonds is 6. The van der Waals surface area contributed by atoms with Gasteiger partial charge in [-0.3, -0.25) is 0 Å². The molecule has 0 spiro atoms. The molecule has 0 saturated carbocycles. The summed E-state index contributed by atoms with van der Waals surface area (Å²) in [7, 11) is -2.26. The monoisotopic (exact) mass is 466 g/mol. The van der Waals surface area contributed by atoms with Gasteiger partial charge in [0, 0.05) is 29.3 Å². The first-order chi connectivity index (χ1) is 13.3. The molecule has 152 valence electrons. The van der Waals surface area contributed by atoms with E-state index in [4.69, 9.17) is 4.74 Å². The molecule has 1 heterocycles. The Morgan fingerprint density at radius 3 is 2.57 bits per heavy atom. The minimum atomic E-state index is -3.73. The molecule has 0 aromatic heterocycles. The fraction of sp³-hybridized carbons (Fsp3) is 0.429. The molecular weight excluding hydrogens is 440 g/mol. The van der Waals surface area contributed by atoms with E-state index in [9.17, 15) is 8.42 Å². The number of anilines is 1. The maximum absolute atomic E-state index is 12.9. The molecule has 2 atom stereocenters. The summed E-state index contributed by atoms with van der Waals surface area (Å²) in [5.41, 5.74) is 2.12. The standard InChI is InChI=1S/C21H27BrN2O3S/c1-15-5-4-12-24(14-15)19-9-6-17(7-10-19)16(2)23-28(25,26)21-13-18(22)8-11-20(21)27-3/h6-11,13,15-16,23H,4-5,12,14H2,1-3H3/t15-,16+/m0/s1. The van der Waals surface area contributed by atoms with Gasteiger partial charge in [-0.2, -0.15) is 0 Å². The predicted molar refractivity (Wildman–Crippen MR) is 116 cm³/mol. The molecule has 1 saturated heterocycles. The van der Waals surface area contributed by atoms with Crippen LogP contribution in [0.15, 0.2) is 51.8 Å². The summed E-state index contributed by atoms with van der Waals surface area (Å²) in [6, 6.07) is 12.7. The van der Waals surface area contributed by atoms with Crippen molar-refractivity contribution in [1.29, 1.82) is 0 Å². The van der Waals surface area contributed by atoms with Crippen LogP contribution in [-0.4, -0.2) is 28.6 Å². The molecule has 7 heteroatoms. The number of nitrogens with one attached hydrogen (secondary N) is 1. The average molecular weight is 467 g/mol. The van der Waals surface area contributed by atoms with E-state index in [2.05, 4.69) is 44.6 Å². The van der Waals surface area contributed by atoms with Gasteiger partial charge in [0.2, 0.25) is 10.0 Å². The molecule has 0 radical (unpaired) electrons. The molecule has 3 rings (SSSR count). The Morgan fingerprint density at radius 1 is 1.21 bits per heavy atom. The van der Waals surface area contributed by atoms with Crippen LogP contribution < -0.4 is 14.4 Å². The molecule has 28 heavy (non-hydrogen) atoms. The quantitative estimate of drug-likeness (QED) is 0.667. The number of sulfonamides is 1. The van der Waals surface area contributed by atoms with Crippen LogP contribution in [-0.2, 0) is 10.0 Å². The molecule has 0 aliphatic carbocycles. The molecule has 2 aromatic rings. The molecule has 1 aliphatic rings. The van der Waals surface area contributed by atoms with Crippen molar-refractivity contribution in [2.45, 2.75) is 37.6 Å². The van der Waals surface area contributed by atoms with Crippen LogP contribution >= 0.6 is 15.9 Å². The molecule has 2 aromatic carbocycles. The van der Waals surface area contributed by atoms with E-state index in [1.54, 1.807) is 18.2 Å². The van der Waals surface area contributed by atoms with Crippen molar-refractivity contribution in [3.05, 3.63) is 52.5 Å². The van der Waals surface area contributed by atoms with E-state index in [1.165, 1.54) is 25.6 Å². The van der Waals surface area contributed by atoms with Crippen molar-refractivity contribution in [2.24, 2.45) is 5.92 Å². The normalized spacial score (nSPS) is 18.7. The second-order valence-electron chi connectivity index (χ2n) is 7.42. The minimum Gasteiger partial charge on any atom is -0.495 e. The number of halogens is 1. The van der Waals surface area contributed by atoms with E-state index in [0.29, 0.717) is 16.1 Å². The highest BCUT2D eigenvalue weighted by atomic mass is 79.9. The zero-order valence-corrected chi connectivity index (χ0v) is 18.9. The van der Waals surface area contributed by atoms with Gasteiger partial charge in [0.1, 0.15) is 10.6 Å². The highest BCUT2D eigenvalue weighted by molar-refractivity contribution is 9.10. The Kier molecular flexibility index (Phi) is 6.68. The summed E-state index contributed by atoms with van der Waals surface area (Å²) < 4.78 is 34.4. The van der Waals surface area contributed by atoms with Gasteiger partial charge in [-0.1, -0.05) is 35.0 Å². The van der Waals surface area contributed by atoms with Crippen molar-refractivity contribution in [1.82, 2.24) is 4.72 Å². The van der Waals surface area contributed by atoms with Crippen LogP contribution in [0.5, 0.6) is 5.75 Å². The largest absolute Gasteiger partial charge is 0.495 e. The fourth-order valence-electron chi connectivity index (χ4n) is 3.62. The zero-order valence-electron chi connectivity index (χ0n) is 16.5. The molecule has 0 amide bonds. The van der Waals surface area contributed by atoms with Crippen LogP contribution in [0.4, 0.5) is 5.69 Å². The Balaban J connectivity index is 1.75. The van der Waals surface area contributed by atoms with Gasteiger partial charge in [-0.15, -0.1) is 0 Å². The Morgan fingerprint density at radius 2 is 1.93 bits per heavy atom. The average Bonchev–Trinajstić information content (AvgIpc) is 2.68. The van der Waals surface area contributed by atoms with Gasteiger partial charge in [0.05, 0.1) is 7.11 Å². The lowest BCUT2D eigenvalue weighted by Gasteiger charge is -2.33. The Labute approximate surface area is 176 Å². The smallest absolute Gasteiger partial charge is 0.244 e. The first kappa shape index (κ1) is 21.1. The van der Waals surface area contributed by atoms with Gasteiger partial charge in [-0.05, 0) is 61.6 Å². The summed E-state index contributed by atoms with van der Waals surface area (Å²) in [5, 5.41) is 0. The zero-order chi connectivity index (χ0) is 20.3. The van der Waals surface area contributed by atoms with Crippen molar-refractivity contribution in [3.63, 3.8) is 0 Å². The highest BCUT2D eigenvalue weighted by Crippen LogP contribution is 2.29. The minimum absolute atomic E-state index is 0.121. The topological polar surface area (TPSA) is 58.6 Å². The summed E-state index contributed by atoms with van der Waals surface area (Å²) in [6.07, 6.45) is 2.50. The summed E-state index contributed by atoms with van der Waals surface area (Å²) in [5.74, 6) is 1.02.